The Morgan fingerprint density at radius 1 is 0.724 bits per heavy atom. The average molecular weight is 380 g/mol. The van der Waals surface area contributed by atoms with Crippen LogP contribution in [0.25, 0.3) is 10.8 Å². The number of ether oxygens (including phenoxy) is 1. The number of ketones is 1. The molecular weight excluding hydrogens is 360 g/mol. The number of carbonyl (C=O) groups excluding carboxylic acids is 2. The summed E-state index contributed by atoms with van der Waals surface area (Å²) in [6.45, 7) is 1.79. The lowest BCUT2D eigenvalue weighted by atomic mass is 9.96. The normalized spacial score (nSPS) is 11.8. The van der Waals surface area contributed by atoms with E-state index in [2.05, 4.69) is 0 Å². The summed E-state index contributed by atoms with van der Waals surface area (Å²) in [4.78, 5) is 25.5. The molecule has 0 saturated heterocycles. The van der Waals surface area contributed by atoms with Crippen molar-refractivity contribution in [2.24, 2.45) is 0 Å². The number of benzene rings is 4. The van der Waals surface area contributed by atoms with E-state index in [0.717, 1.165) is 16.3 Å². The number of carbonyl (C=O) groups is 2. The van der Waals surface area contributed by atoms with Crippen molar-refractivity contribution in [3.8, 4) is 5.75 Å². The van der Waals surface area contributed by atoms with Crippen molar-refractivity contribution < 1.29 is 14.3 Å². The lowest BCUT2D eigenvalue weighted by Gasteiger charge is -2.14. The van der Waals surface area contributed by atoms with Crippen molar-refractivity contribution in [2.75, 3.05) is 0 Å². The molecule has 3 heteroatoms. The molecule has 0 aliphatic heterocycles. The standard InChI is InChI=1S/C26H20O3/c1-18(26(28)29-24-16-8-12-19-9-5-6-15-23(19)24)21-13-7-14-22(17-21)25(27)20-10-3-2-4-11-20/h2-18H,1H3/t18-/m1/s1. The van der Waals surface area contributed by atoms with Crippen LogP contribution in [0.3, 0.4) is 0 Å². The van der Waals surface area contributed by atoms with Gasteiger partial charge in [0.25, 0.3) is 0 Å². The molecule has 0 fully saturated rings. The first-order valence-electron chi connectivity index (χ1n) is 9.52. The molecule has 4 aromatic carbocycles. The Morgan fingerprint density at radius 2 is 1.38 bits per heavy atom. The molecule has 0 aromatic heterocycles. The second-order valence-electron chi connectivity index (χ2n) is 6.94. The monoisotopic (exact) mass is 380 g/mol. The molecule has 0 heterocycles. The lowest BCUT2D eigenvalue weighted by Crippen LogP contribution is -2.17. The average Bonchev–Trinajstić information content (AvgIpc) is 2.79. The fourth-order valence-corrected chi connectivity index (χ4v) is 3.32. The third-order valence-corrected chi connectivity index (χ3v) is 5.00. The molecule has 0 spiro atoms. The summed E-state index contributed by atoms with van der Waals surface area (Å²) in [5.74, 6) is -0.387. The molecule has 3 nitrogen and oxygen atoms in total. The van der Waals surface area contributed by atoms with E-state index in [1.54, 1.807) is 43.3 Å². The van der Waals surface area contributed by atoms with Gasteiger partial charge in [-0.2, -0.15) is 0 Å². The molecule has 0 aliphatic carbocycles. The maximum absolute atomic E-state index is 12.8. The van der Waals surface area contributed by atoms with Crippen molar-refractivity contribution in [1.29, 1.82) is 0 Å². The zero-order valence-electron chi connectivity index (χ0n) is 16.0. The summed E-state index contributed by atoms with van der Waals surface area (Å²) < 4.78 is 5.70. The van der Waals surface area contributed by atoms with E-state index in [1.165, 1.54) is 0 Å². The van der Waals surface area contributed by atoms with Gasteiger partial charge in [0.05, 0.1) is 5.92 Å². The minimum Gasteiger partial charge on any atom is -0.425 e. The van der Waals surface area contributed by atoms with Gasteiger partial charge >= 0.3 is 5.97 Å². The van der Waals surface area contributed by atoms with Crippen molar-refractivity contribution in [1.82, 2.24) is 0 Å². The van der Waals surface area contributed by atoms with Gasteiger partial charge in [-0.05, 0) is 30.0 Å². The Hall–Kier alpha value is -3.72. The maximum Gasteiger partial charge on any atom is 0.318 e. The molecule has 1 atom stereocenters. The van der Waals surface area contributed by atoms with Gasteiger partial charge in [0.2, 0.25) is 0 Å². The highest BCUT2D eigenvalue weighted by molar-refractivity contribution is 6.09. The van der Waals surface area contributed by atoms with Crippen molar-refractivity contribution >= 4 is 22.5 Å². The minimum atomic E-state index is -0.502. The number of esters is 1. The second kappa shape index (κ2) is 8.11. The highest BCUT2D eigenvalue weighted by Gasteiger charge is 2.20. The fraction of sp³-hybridized carbons (Fsp3) is 0.0769. The topological polar surface area (TPSA) is 43.4 Å². The zero-order chi connectivity index (χ0) is 20.2. The van der Waals surface area contributed by atoms with Crippen LogP contribution in [0.4, 0.5) is 0 Å². The van der Waals surface area contributed by atoms with Crippen LogP contribution >= 0.6 is 0 Å². The van der Waals surface area contributed by atoms with Gasteiger partial charge in [-0.3, -0.25) is 9.59 Å². The molecular formula is C26H20O3. The molecule has 0 unspecified atom stereocenters. The summed E-state index contributed by atoms with van der Waals surface area (Å²) in [5, 5.41) is 1.91. The van der Waals surface area contributed by atoms with Gasteiger partial charge in [-0.1, -0.05) is 84.9 Å². The lowest BCUT2D eigenvalue weighted by molar-refractivity contribution is -0.135. The van der Waals surface area contributed by atoms with Crippen LogP contribution in [0.15, 0.2) is 97.1 Å². The molecule has 0 amide bonds. The molecule has 0 radical (unpaired) electrons. The molecule has 0 N–H and O–H groups in total. The van der Waals surface area contributed by atoms with Crippen LogP contribution in [0, 0.1) is 0 Å². The summed E-state index contributed by atoms with van der Waals surface area (Å²) in [7, 11) is 0. The number of fused-ring (bicyclic) bond motifs is 1. The zero-order valence-corrected chi connectivity index (χ0v) is 16.0. The first-order valence-corrected chi connectivity index (χ1v) is 9.52. The van der Waals surface area contributed by atoms with E-state index in [0.29, 0.717) is 16.9 Å². The van der Waals surface area contributed by atoms with Crippen molar-refractivity contribution in [3.05, 3.63) is 114 Å². The van der Waals surface area contributed by atoms with E-state index in [1.807, 2.05) is 60.7 Å². The highest BCUT2D eigenvalue weighted by Crippen LogP contribution is 2.27. The van der Waals surface area contributed by atoms with E-state index in [9.17, 15) is 9.59 Å². The Balaban J connectivity index is 1.57. The van der Waals surface area contributed by atoms with Gasteiger partial charge in [0, 0.05) is 16.5 Å². The van der Waals surface area contributed by atoms with E-state index < -0.39 is 5.92 Å². The van der Waals surface area contributed by atoms with Crippen LogP contribution in [0.5, 0.6) is 5.75 Å². The van der Waals surface area contributed by atoms with Crippen LogP contribution in [-0.4, -0.2) is 11.8 Å². The third-order valence-electron chi connectivity index (χ3n) is 5.00. The van der Waals surface area contributed by atoms with Gasteiger partial charge in [-0.25, -0.2) is 0 Å². The van der Waals surface area contributed by atoms with Gasteiger partial charge in [-0.15, -0.1) is 0 Å². The van der Waals surface area contributed by atoms with Gasteiger partial charge in [0.15, 0.2) is 5.78 Å². The number of hydrogen-bond acceptors (Lipinski definition) is 3. The summed E-state index contributed by atoms with van der Waals surface area (Å²) in [6.07, 6.45) is 0. The Morgan fingerprint density at radius 3 is 2.21 bits per heavy atom. The SMILES string of the molecule is C[C@@H](C(=O)Oc1cccc2ccccc12)c1cccc(C(=O)c2ccccc2)c1. The van der Waals surface area contributed by atoms with Crippen molar-refractivity contribution in [3.63, 3.8) is 0 Å². The quantitative estimate of drug-likeness (QED) is 0.250. The number of hydrogen-bond donors (Lipinski definition) is 0. The largest absolute Gasteiger partial charge is 0.425 e. The van der Waals surface area contributed by atoms with E-state index >= 15 is 0 Å². The Labute approximate surface area is 169 Å². The fourth-order valence-electron chi connectivity index (χ4n) is 3.32. The smallest absolute Gasteiger partial charge is 0.318 e. The highest BCUT2D eigenvalue weighted by atomic mass is 16.5. The van der Waals surface area contributed by atoms with Crippen LogP contribution in [0.1, 0.15) is 34.3 Å². The van der Waals surface area contributed by atoms with Crippen LogP contribution in [-0.2, 0) is 4.79 Å². The molecule has 29 heavy (non-hydrogen) atoms. The minimum absolute atomic E-state index is 0.0675. The summed E-state index contributed by atoms with van der Waals surface area (Å²) >= 11 is 0. The molecule has 0 bridgehead atoms. The van der Waals surface area contributed by atoms with Crippen LogP contribution in [0.2, 0.25) is 0 Å². The Kier molecular flexibility index (Phi) is 5.21. The van der Waals surface area contributed by atoms with Crippen LogP contribution < -0.4 is 4.74 Å². The maximum atomic E-state index is 12.8. The number of rotatable bonds is 5. The van der Waals surface area contributed by atoms with Crippen molar-refractivity contribution in [2.45, 2.75) is 12.8 Å². The second-order valence-corrected chi connectivity index (χ2v) is 6.94. The molecule has 0 saturated carbocycles. The van der Waals surface area contributed by atoms with Gasteiger partial charge < -0.3 is 4.74 Å². The first-order chi connectivity index (χ1) is 14.1. The summed E-state index contributed by atoms with van der Waals surface area (Å²) in [5.41, 5.74) is 1.92. The molecule has 4 rings (SSSR count). The third kappa shape index (κ3) is 3.94. The molecule has 4 aromatic rings. The predicted molar refractivity (Wildman–Crippen MR) is 114 cm³/mol. The molecule has 0 aliphatic rings. The van der Waals surface area contributed by atoms with Gasteiger partial charge in [0.1, 0.15) is 5.75 Å². The first kappa shape index (κ1) is 18.6. The molecule has 142 valence electrons. The Bertz CT molecular complexity index is 1170. The summed E-state index contributed by atoms with van der Waals surface area (Å²) in [6, 6.07) is 29.7. The van der Waals surface area contributed by atoms with E-state index in [4.69, 9.17) is 4.74 Å². The predicted octanol–water partition coefficient (Wildman–Crippen LogP) is 5.78. The van der Waals surface area contributed by atoms with E-state index in [-0.39, 0.29) is 11.8 Å².